The van der Waals surface area contributed by atoms with E-state index in [1.807, 2.05) is 6.92 Å². The van der Waals surface area contributed by atoms with Gasteiger partial charge in [0.2, 0.25) is 0 Å². The molecule has 4 nitrogen and oxygen atoms in total. The Kier molecular flexibility index (Phi) is 2.12. The predicted octanol–water partition coefficient (Wildman–Crippen LogP) is 0.716. The zero-order chi connectivity index (χ0) is 8.43. The van der Waals surface area contributed by atoms with Crippen LogP contribution in [0.4, 0.5) is 4.79 Å². The fourth-order valence-electron chi connectivity index (χ4n) is 1.48. The van der Waals surface area contributed by atoms with Crippen LogP contribution in [0, 0.1) is 0 Å². The van der Waals surface area contributed by atoms with E-state index in [1.165, 1.54) is 4.90 Å². The van der Waals surface area contributed by atoms with E-state index < -0.39 is 12.1 Å². The van der Waals surface area contributed by atoms with Crippen molar-refractivity contribution in [1.82, 2.24) is 4.90 Å². The molecule has 2 atom stereocenters. The molecule has 1 saturated heterocycles. The maximum Gasteiger partial charge on any atom is 0.408 e. The lowest BCUT2D eigenvalue weighted by atomic mass is 10.2. The quantitative estimate of drug-likeness (QED) is 0.570. The molecule has 0 aromatic heterocycles. The number of hydrogen-bond donors (Lipinski definition) is 1. The molecule has 4 heteroatoms. The van der Waals surface area contributed by atoms with Crippen LogP contribution in [0.25, 0.3) is 0 Å². The minimum Gasteiger partial charge on any atom is -0.465 e. The molecule has 1 aliphatic rings. The van der Waals surface area contributed by atoms with Gasteiger partial charge in [-0.15, -0.1) is 0 Å². The van der Waals surface area contributed by atoms with Crippen LogP contribution < -0.4 is 0 Å². The topological polar surface area (TPSA) is 57.6 Å². The molecule has 1 N–H and O–H groups in total. The van der Waals surface area contributed by atoms with Crippen LogP contribution in [0.3, 0.4) is 0 Å². The van der Waals surface area contributed by atoms with Crippen molar-refractivity contribution in [3.05, 3.63) is 0 Å². The Morgan fingerprint density at radius 1 is 1.64 bits per heavy atom. The SMILES string of the molecule is C[C@H]1CC[C@@H](C=O)N1C(=O)O. The highest BCUT2D eigenvalue weighted by atomic mass is 16.4. The monoisotopic (exact) mass is 157 g/mol. The van der Waals surface area contributed by atoms with E-state index in [9.17, 15) is 9.59 Å². The van der Waals surface area contributed by atoms with Crippen molar-refractivity contribution in [2.75, 3.05) is 0 Å². The number of nitrogens with zero attached hydrogens (tertiary/aromatic N) is 1. The van der Waals surface area contributed by atoms with Gasteiger partial charge in [-0.1, -0.05) is 0 Å². The summed E-state index contributed by atoms with van der Waals surface area (Å²) in [7, 11) is 0. The second-order valence-corrected chi connectivity index (χ2v) is 2.82. The average Bonchev–Trinajstić information content (AvgIpc) is 2.30. The molecule has 0 unspecified atom stereocenters. The zero-order valence-electron chi connectivity index (χ0n) is 6.36. The molecule has 0 spiro atoms. The van der Waals surface area contributed by atoms with E-state index in [-0.39, 0.29) is 6.04 Å². The Labute approximate surface area is 64.8 Å². The van der Waals surface area contributed by atoms with Gasteiger partial charge >= 0.3 is 6.09 Å². The first-order valence-electron chi connectivity index (χ1n) is 3.63. The number of rotatable bonds is 1. The third-order valence-corrected chi connectivity index (χ3v) is 2.09. The standard InChI is InChI=1S/C7H11NO3/c1-5-2-3-6(4-9)8(5)7(10)11/h4-6H,2-3H2,1H3,(H,10,11)/t5-,6-/m0/s1. The van der Waals surface area contributed by atoms with E-state index in [4.69, 9.17) is 5.11 Å². The molecule has 0 aliphatic carbocycles. The lowest BCUT2D eigenvalue weighted by Crippen LogP contribution is -2.39. The van der Waals surface area contributed by atoms with Gasteiger partial charge in [0.05, 0.1) is 6.04 Å². The van der Waals surface area contributed by atoms with Crippen LogP contribution in [-0.2, 0) is 4.79 Å². The molecule has 0 aromatic rings. The number of amides is 1. The first-order chi connectivity index (χ1) is 5.16. The van der Waals surface area contributed by atoms with Crippen LogP contribution >= 0.6 is 0 Å². The van der Waals surface area contributed by atoms with Gasteiger partial charge in [0.15, 0.2) is 0 Å². The summed E-state index contributed by atoms with van der Waals surface area (Å²) in [5, 5.41) is 8.65. The highest BCUT2D eigenvalue weighted by molar-refractivity contribution is 5.72. The van der Waals surface area contributed by atoms with E-state index in [0.717, 1.165) is 6.42 Å². The zero-order valence-corrected chi connectivity index (χ0v) is 6.36. The van der Waals surface area contributed by atoms with Gasteiger partial charge in [0.1, 0.15) is 6.29 Å². The lowest BCUT2D eigenvalue weighted by Gasteiger charge is -2.20. The normalized spacial score (nSPS) is 30.5. The van der Waals surface area contributed by atoms with Crippen molar-refractivity contribution >= 4 is 12.4 Å². The molecule has 1 rings (SSSR count). The Balaban J connectivity index is 2.70. The second-order valence-electron chi connectivity index (χ2n) is 2.82. The Morgan fingerprint density at radius 3 is 2.64 bits per heavy atom. The first kappa shape index (κ1) is 8.04. The number of carboxylic acid groups (broad SMARTS) is 1. The number of carbonyl (C=O) groups is 2. The highest BCUT2D eigenvalue weighted by Gasteiger charge is 2.33. The van der Waals surface area contributed by atoms with Crippen molar-refractivity contribution < 1.29 is 14.7 Å². The molecule has 62 valence electrons. The minimum absolute atomic E-state index is 0.0114. The first-order valence-corrected chi connectivity index (χ1v) is 3.63. The summed E-state index contributed by atoms with van der Waals surface area (Å²) in [6.45, 7) is 1.82. The summed E-state index contributed by atoms with van der Waals surface area (Å²) in [5.41, 5.74) is 0. The Bertz CT molecular complexity index is 181. The molecule has 0 bridgehead atoms. The van der Waals surface area contributed by atoms with Gasteiger partial charge in [-0.3, -0.25) is 4.90 Å². The molecule has 11 heavy (non-hydrogen) atoms. The third kappa shape index (κ3) is 1.34. The smallest absolute Gasteiger partial charge is 0.408 e. The maximum atomic E-state index is 10.5. The van der Waals surface area contributed by atoms with Crippen LogP contribution in [0.2, 0.25) is 0 Å². The van der Waals surface area contributed by atoms with Gasteiger partial charge in [0, 0.05) is 6.04 Å². The van der Waals surface area contributed by atoms with Gasteiger partial charge < -0.3 is 9.90 Å². The van der Waals surface area contributed by atoms with Gasteiger partial charge in [-0.25, -0.2) is 4.79 Å². The van der Waals surface area contributed by atoms with Crippen LogP contribution in [0.1, 0.15) is 19.8 Å². The number of likely N-dealkylation sites (tertiary alicyclic amines) is 1. The summed E-state index contributed by atoms with van der Waals surface area (Å²) in [6, 6.07) is -0.426. The van der Waals surface area contributed by atoms with Gasteiger partial charge in [0.25, 0.3) is 0 Å². The average molecular weight is 157 g/mol. The van der Waals surface area contributed by atoms with E-state index in [2.05, 4.69) is 0 Å². The molecule has 0 radical (unpaired) electrons. The summed E-state index contributed by atoms with van der Waals surface area (Å²) < 4.78 is 0. The number of aldehydes is 1. The van der Waals surface area contributed by atoms with E-state index in [0.29, 0.717) is 12.7 Å². The fraction of sp³-hybridized carbons (Fsp3) is 0.714. The van der Waals surface area contributed by atoms with E-state index >= 15 is 0 Å². The summed E-state index contributed by atoms with van der Waals surface area (Å²) >= 11 is 0. The second kappa shape index (κ2) is 2.90. The molecule has 1 amide bonds. The molecular weight excluding hydrogens is 146 g/mol. The van der Waals surface area contributed by atoms with Crippen molar-refractivity contribution in [3.63, 3.8) is 0 Å². The van der Waals surface area contributed by atoms with Crippen LogP contribution in [0.5, 0.6) is 0 Å². The summed E-state index contributed by atoms with van der Waals surface area (Å²) in [4.78, 5) is 22.1. The van der Waals surface area contributed by atoms with Crippen molar-refractivity contribution in [1.29, 1.82) is 0 Å². The van der Waals surface area contributed by atoms with Crippen molar-refractivity contribution in [2.45, 2.75) is 31.8 Å². The summed E-state index contributed by atoms with van der Waals surface area (Å²) in [5.74, 6) is 0. The van der Waals surface area contributed by atoms with Crippen LogP contribution in [-0.4, -0.2) is 34.5 Å². The summed E-state index contributed by atoms with van der Waals surface area (Å²) in [6.07, 6.45) is 1.16. The predicted molar refractivity (Wildman–Crippen MR) is 38.4 cm³/mol. The molecule has 0 saturated carbocycles. The molecule has 1 aliphatic heterocycles. The molecular formula is C7H11NO3. The van der Waals surface area contributed by atoms with Gasteiger partial charge in [-0.2, -0.15) is 0 Å². The molecule has 0 aromatic carbocycles. The van der Waals surface area contributed by atoms with E-state index in [1.54, 1.807) is 0 Å². The Morgan fingerprint density at radius 2 is 2.27 bits per heavy atom. The van der Waals surface area contributed by atoms with Gasteiger partial charge in [-0.05, 0) is 19.8 Å². The van der Waals surface area contributed by atoms with Crippen LogP contribution in [0.15, 0.2) is 0 Å². The number of carbonyl (C=O) groups excluding carboxylic acids is 1. The molecule has 1 fully saturated rings. The lowest BCUT2D eigenvalue weighted by molar-refractivity contribution is -0.111. The fourth-order valence-corrected chi connectivity index (χ4v) is 1.48. The Hall–Kier alpha value is -1.06. The molecule has 1 heterocycles. The van der Waals surface area contributed by atoms with Crippen molar-refractivity contribution in [3.8, 4) is 0 Å². The minimum atomic E-state index is -0.993. The third-order valence-electron chi connectivity index (χ3n) is 2.09. The highest BCUT2D eigenvalue weighted by Crippen LogP contribution is 2.21. The van der Waals surface area contributed by atoms with Crippen molar-refractivity contribution in [2.24, 2.45) is 0 Å². The largest absolute Gasteiger partial charge is 0.465 e. The maximum absolute atomic E-state index is 10.5. The number of hydrogen-bond acceptors (Lipinski definition) is 2.